The van der Waals surface area contributed by atoms with Gasteiger partial charge >= 0.3 is 5.97 Å². The van der Waals surface area contributed by atoms with E-state index < -0.39 is 23.9 Å². The molecule has 28 heavy (non-hydrogen) atoms. The number of amides is 1. The van der Waals surface area contributed by atoms with E-state index in [4.69, 9.17) is 15.4 Å². The summed E-state index contributed by atoms with van der Waals surface area (Å²) in [6, 6.07) is 16.7. The number of aliphatic carboxylic acids is 1. The van der Waals surface area contributed by atoms with Gasteiger partial charge in [0.1, 0.15) is 0 Å². The van der Waals surface area contributed by atoms with Gasteiger partial charge < -0.3 is 15.3 Å². The number of nitrogens with zero attached hydrogens (tertiary/aromatic N) is 3. The predicted octanol–water partition coefficient (Wildman–Crippen LogP) is 2.41. The quantitative estimate of drug-likeness (QED) is 0.825. The first-order valence-corrected chi connectivity index (χ1v) is 8.25. The number of anilines is 1. The lowest BCUT2D eigenvalue weighted by Gasteiger charge is -2.21. The van der Waals surface area contributed by atoms with Crippen LogP contribution in [0.4, 0.5) is 5.69 Å². The summed E-state index contributed by atoms with van der Waals surface area (Å²) in [5, 5.41) is 33.9. The second-order valence-electron chi connectivity index (χ2n) is 6.21. The molecule has 0 aromatic heterocycles. The summed E-state index contributed by atoms with van der Waals surface area (Å²) in [6.07, 6.45) is -0.564. The van der Waals surface area contributed by atoms with Crippen LogP contribution < -0.4 is 5.32 Å². The minimum Gasteiger partial charge on any atom is -0.478 e. The van der Waals surface area contributed by atoms with Crippen LogP contribution in [0.1, 0.15) is 29.5 Å². The maximum absolute atomic E-state index is 12.4. The van der Waals surface area contributed by atoms with E-state index >= 15 is 0 Å². The first-order valence-electron chi connectivity index (χ1n) is 8.25. The van der Waals surface area contributed by atoms with Crippen LogP contribution in [0.3, 0.4) is 0 Å². The highest BCUT2D eigenvalue weighted by molar-refractivity contribution is 6.06. The van der Waals surface area contributed by atoms with Crippen LogP contribution in [-0.2, 0) is 14.4 Å². The van der Waals surface area contributed by atoms with Gasteiger partial charge in [0.2, 0.25) is 11.5 Å². The highest BCUT2D eigenvalue weighted by Crippen LogP contribution is 2.31. The van der Waals surface area contributed by atoms with Crippen LogP contribution in [0.25, 0.3) is 0 Å². The molecular formula is C20H14N4O4. The van der Waals surface area contributed by atoms with Crippen molar-refractivity contribution < 1.29 is 19.5 Å². The predicted molar refractivity (Wildman–Crippen MR) is 98.2 cm³/mol. The maximum Gasteiger partial charge on any atom is 0.351 e. The smallest absolute Gasteiger partial charge is 0.351 e. The van der Waals surface area contributed by atoms with Crippen LogP contribution in [0.5, 0.6) is 0 Å². The van der Waals surface area contributed by atoms with Crippen LogP contribution in [-0.4, -0.2) is 28.3 Å². The molecule has 3 rings (SSSR count). The Morgan fingerprint density at radius 3 is 2.50 bits per heavy atom. The molecule has 2 N–H and O–H groups in total. The van der Waals surface area contributed by atoms with E-state index in [0.717, 1.165) is 0 Å². The Bertz CT molecular complexity index is 1050. The third-order valence-corrected chi connectivity index (χ3v) is 4.24. The molecule has 1 amide bonds. The third kappa shape index (κ3) is 3.81. The highest BCUT2D eigenvalue weighted by atomic mass is 16.7. The fourth-order valence-corrected chi connectivity index (χ4v) is 2.78. The number of carbonyl (C=O) groups excluding carboxylic acids is 1. The SMILES string of the molecule is N#Cc1ccc(NC(=O)CC2(C(=O)O)CC(c3cccc(C#N)c3)=NO2)cc1. The van der Waals surface area contributed by atoms with Crippen molar-refractivity contribution in [1.29, 1.82) is 10.5 Å². The zero-order valence-electron chi connectivity index (χ0n) is 14.5. The maximum atomic E-state index is 12.4. The molecule has 8 heteroatoms. The van der Waals surface area contributed by atoms with Gasteiger partial charge in [-0.2, -0.15) is 10.5 Å². The van der Waals surface area contributed by atoms with E-state index in [1.165, 1.54) is 12.1 Å². The van der Waals surface area contributed by atoms with Gasteiger partial charge in [-0.1, -0.05) is 17.3 Å². The van der Waals surface area contributed by atoms with Crippen LogP contribution in [0, 0.1) is 22.7 Å². The molecule has 0 saturated heterocycles. The van der Waals surface area contributed by atoms with E-state index in [0.29, 0.717) is 28.1 Å². The average molecular weight is 374 g/mol. The number of hydrogen-bond donors (Lipinski definition) is 2. The normalized spacial score (nSPS) is 17.6. The average Bonchev–Trinajstić information content (AvgIpc) is 3.14. The first kappa shape index (κ1) is 18.6. The number of nitriles is 2. The topological polar surface area (TPSA) is 136 Å². The van der Waals surface area contributed by atoms with E-state index in [2.05, 4.69) is 10.5 Å². The number of carboxylic acids is 1. The Hall–Kier alpha value is -4.17. The molecule has 1 aliphatic rings. The summed E-state index contributed by atoms with van der Waals surface area (Å²) in [7, 11) is 0. The fraction of sp³-hybridized carbons (Fsp3) is 0.150. The number of carboxylic acid groups (broad SMARTS) is 1. The molecule has 0 radical (unpaired) electrons. The van der Waals surface area contributed by atoms with Crippen LogP contribution >= 0.6 is 0 Å². The van der Waals surface area contributed by atoms with Crippen LogP contribution in [0.2, 0.25) is 0 Å². The van der Waals surface area contributed by atoms with Crippen molar-refractivity contribution in [2.45, 2.75) is 18.4 Å². The summed E-state index contributed by atoms with van der Waals surface area (Å²) in [4.78, 5) is 29.4. The lowest BCUT2D eigenvalue weighted by atomic mass is 9.90. The molecule has 8 nitrogen and oxygen atoms in total. The molecule has 0 bridgehead atoms. The summed E-state index contributed by atoms with van der Waals surface area (Å²) in [5.74, 6) is -1.87. The summed E-state index contributed by atoms with van der Waals surface area (Å²) >= 11 is 0. The Labute approximate surface area is 160 Å². The van der Waals surface area contributed by atoms with Crippen molar-refractivity contribution in [2.75, 3.05) is 5.32 Å². The molecule has 0 aliphatic carbocycles. The van der Waals surface area contributed by atoms with Gasteiger partial charge in [0.15, 0.2) is 0 Å². The van der Waals surface area contributed by atoms with Crippen molar-refractivity contribution in [3.63, 3.8) is 0 Å². The second kappa shape index (κ2) is 7.60. The number of oxime groups is 1. The van der Waals surface area contributed by atoms with Gasteiger partial charge in [0, 0.05) is 17.7 Å². The molecular weight excluding hydrogens is 360 g/mol. The number of hydrogen-bond acceptors (Lipinski definition) is 6. The Balaban J connectivity index is 1.73. The van der Waals surface area contributed by atoms with Gasteiger partial charge in [0.05, 0.1) is 35.4 Å². The number of benzene rings is 2. The molecule has 0 spiro atoms. The van der Waals surface area contributed by atoms with Gasteiger partial charge in [-0.25, -0.2) is 4.79 Å². The van der Waals surface area contributed by atoms with Crippen molar-refractivity contribution in [2.24, 2.45) is 5.16 Å². The van der Waals surface area contributed by atoms with Crippen molar-refractivity contribution >= 4 is 23.3 Å². The lowest BCUT2D eigenvalue weighted by molar-refractivity contribution is -0.165. The molecule has 0 fully saturated rings. The van der Waals surface area contributed by atoms with Crippen molar-refractivity contribution in [3.05, 3.63) is 65.2 Å². The first-order chi connectivity index (χ1) is 13.5. The minimum absolute atomic E-state index is 0.113. The molecule has 1 aliphatic heterocycles. The van der Waals surface area contributed by atoms with Crippen molar-refractivity contribution in [3.8, 4) is 12.1 Å². The number of rotatable bonds is 5. The highest BCUT2D eigenvalue weighted by Gasteiger charge is 2.49. The molecule has 1 heterocycles. The monoisotopic (exact) mass is 374 g/mol. The largest absolute Gasteiger partial charge is 0.478 e. The van der Waals surface area contributed by atoms with Gasteiger partial charge in [0.25, 0.3) is 0 Å². The van der Waals surface area contributed by atoms with Crippen LogP contribution in [0.15, 0.2) is 53.7 Å². The second-order valence-corrected chi connectivity index (χ2v) is 6.21. The molecule has 2 aromatic carbocycles. The molecule has 0 saturated carbocycles. The Kier molecular flexibility index (Phi) is 5.05. The zero-order valence-corrected chi connectivity index (χ0v) is 14.5. The van der Waals surface area contributed by atoms with Gasteiger partial charge in [-0.05, 0) is 36.4 Å². The third-order valence-electron chi connectivity index (χ3n) is 4.24. The number of nitrogens with one attached hydrogen (secondary N) is 1. The molecule has 1 unspecified atom stereocenters. The Morgan fingerprint density at radius 1 is 1.14 bits per heavy atom. The Morgan fingerprint density at radius 2 is 1.86 bits per heavy atom. The van der Waals surface area contributed by atoms with Crippen molar-refractivity contribution in [1.82, 2.24) is 0 Å². The minimum atomic E-state index is -1.82. The molecule has 2 aromatic rings. The molecule has 1 atom stereocenters. The van der Waals surface area contributed by atoms with E-state index in [9.17, 15) is 14.7 Å². The van der Waals surface area contributed by atoms with Gasteiger partial charge in [-0.15, -0.1) is 0 Å². The van der Waals surface area contributed by atoms with E-state index in [-0.39, 0.29) is 6.42 Å². The standard InChI is InChI=1S/C20H14N4O4/c21-11-13-4-6-16(7-5-13)23-18(25)10-20(19(26)27)9-17(24-28-20)15-3-1-2-14(8-15)12-22/h1-8H,9-10H2,(H,23,25)(H,26,27). The summed E-state index contributed by atoms with van der Waals surface area (Å²) < 4.78 is 0. The fourth-order valence-electron chi connectivity index (χ4n) is 2.78. The summed E-state index contributed by atoms with van der Waals surface area (Å²) in [6.45, 7) is 0. The summed E-state index contributed by atoms with van der Waals surface area (Å²) in [5.41, 5.74) is 0.378. The van der Waals surface area contributed by atoms with E-state index in [1.54, 1.807) is 36.4 Å². The molecule has 138 valence electrons. The van der Waals surface area contributed by atoms with E-state index in [1.807, 2.05) is 12.1 Å². The van der Waals surface area contributed by atoms with Gasteiger partial charge in [-0.3, -0.25) is 4.79 Å². The lowest BCUT2D eigenvalue weighted by Crippen LogP contribution is -2.42. The zero-order chi connectivity index (χ0) is 20.1. The number of carbonyl (C=O) groups is 2.